The molecule has 1 heterocycles. The van der Waals surface area contributed by atoms with Gasteiger partial charge in [0.05, 0.1) is 27.9 Å². The number of anilines is 2. The summed E-state index contributed by atoms with van der Waals surface area (Å²) in [6.07, 6.45) is 1.75. The number of aryl methyl sites for hydroxylation is 1. The van der Waals surface area contributed by atoms with Crippen molar-refractivity contribution < 1.29 is 27.1 Å². The highest BCUT2D eigenvalue weighted by molar-refractivity contribution is 7.92. The van der Waals surface area contributed by atoms with Crippen LogP contribution in [0.2, 0.25) is 0 Å². The first-order chi connectivity index (χ1) is 17.8. The van der Waals surface area contributed by atoms with Crippen molar-refractivity contribution in [3.8, 4) is 0 Å². The molecular weight excluding hydrogens is 497 g/mol. The third kappa shape index (κ3) is 6.33. The summed E-state index contributed by atoms with van der Waals surface area (Å²) in [5, 5.41) is 5.42. The summed E-state index contributed by atoms with van der Waals surface area (Å²) in [5.41, 5.74) is 1.01. The molecule has 0 aliphatic carbocycles. The van der Waals surface area contributed by atoms with Crippen molar-refractivity contribution >= 4 is 33.2 Å². The Bertz CT molecular complexity index is 1370. The number of nitrogens with one attached hydrogen (secondary N) is 2. The van der Waals surface area contributed by atoms with Crippen LogP contribution in [0.4, 0.5) is 15.8 Å². The summed E-state index contributed by atoms with van der Waals surface area (Å²) in [6, 6.07) is 17.8. The van der Waals surface area contributed by atoms with Crippen molar-refractivity contribution in [3.05, 3.63) is 89.7 Å². The van der Waals surface area contributed by atoms with Gasteiger partial charge in [-0.05, 0) is 56.2 Å². The van der Waals surface area contributed by atoms with Gasteiger partial charge in [-0.3, -0.25) is 13.9 Å². The Morgan fingerprint density at radius 2 is 1.73 bits per heavy atom. The van der Waals surface area contributed by atoms with Gasteiger partial charge >= 0.3 is 0 Å². The molecule has 4 rings (SSSR count). The number of halogens is 1. The van der Waals surface area contributed by atoms with Crippen LogP contribution in [-0.2, 0) is 19.6 Å². The molecule has 0 spiro atoms. The number of hydrogen-bond acceptors (Lipinski definition) is 5. The van der Waals surface area contributed by atoms with Crippen molar-refractivity contribution in [2.75, 3.05) is 29.3 Å². The van der Waals surface area contributed by atoms with Crippen molar-refractivity contribution in [2.24, 2.45) is 0 Å². The third-order valence-electron chi connectivity index (χ3n) is 5.98. The van der Waals surface area contributed by atoms with E-state index < -0.39 is 34.2 Å². The summed E-state index contributed by atoms with van der Waals surface area (Å²) in [6.45, 7) is 2.12. The molecule has 2 amide bonds. The van der Waals surface area contributed by atoms with E-state index in [0.29, 0.717) is 13.2 Å². The zero-order valence-corrected chi connectivity index (χ0v) is 21.1. The predicted molar refractivity (Wildman–Crippen MR) is 138 cm³/mol. The SMILES string of the molecule is Cc1ccc(S(=O)(=O)N(CC(=O)Nc2ccccc2C(=O)NC[C@H]2CCCO2)c2ccccc2F)cc1. The van der Waals surface area contributed by atoms with Gasteiger partial charge in [0.2, 0.25) is 5.91 Å². The number of hydrogen-bond donors (Lipinski definition) is 2. The van der Waals surface area contributed by atoms with Crippen LogP contribution in [0.25, 0.3) is 0 Å². The largest absolute Gasteiger partial charge is 0.376 e. The number of rotatable bonds is 9. The molecule has 3 aromatic carbocycles. The molecule has 0 unspecified atom stereocenters. The lowest BCUT2D eigenvalue weighted by atomic mass is 10.1. The number of para-hydroxylation sites is 2. The minimum Gasteiger partial charge on any atom is -0.376 e. The molecule has 37 heavy (non-hydrogen) atoms. The lowest BCUT2D eigenvalue weighted by molar-refractivity contribution is -0.114. The molecule has 10 heteroatoms. The molecule has 2 N–H and O–H groups in total. The highest BCUT2D eigenvalue weighted by Crippen LogP contribution is 2.27. The van der Waals surface area contributed by atoms with Crippen LogP contribution < -0.4 is 14.9 Å². The fraction of sp³-hybridized carbons (Fsp3) is 0.259. The topological polar surface area (TPSA) is 105 Å². The Morgan fingerprint density at radius 1 is 1.03 bits per heavy atom. The summed E-state index contributed by atoms with van der Waals surface area (Å²) < 4.78 is 47.9. The average molecular weight is 526 g/mol. The number of nitrogens with zero attached hydrogens (tertiary/aromatic N) is 1. The second-order valence-electron chi connectivity index (χ2n) is 8.71. The van der Waals surface area contributed by atoms with Crippen LogP contribution in [0, 0.1) is 12.7 Å². The Labute approximate surface area is 215 Å². The zero-order valence-electron chi connectivity index (χ0n) is 20.3. The van der Waals surface area contributed by atoms with Gasteiger partial charge in [0.25, 0.3) is 15.9 Å². The van der Waals surface area contributed by atoms with E-state index in [1.807, 2.05) is 6.92 Å². The normalized spacial score (nSPS) is 15.2. The highest BCUT2D eigenvalue weighted by atomic mass is 32.2. The highest BCUT2D eigenvalue weighted by Gasteiger charge is 2.29. The van der Waals surface area contributed by atoms with E-state index in [0.717, 1.165) is 28.8 Å². The first-order valence-electron chi connectivity index (χ1n) is 11.9. The zero-order chi connectivity index (χ0) is 26.4. The average Bonchev–Trinajstić information content (AvgIpc) is 3.41. The lowest BCUT2D eigenvalue weighted by Crippen LogP contribution is -2.39. The number of benzene rings is 3. The lowest BCUT2D eigenvalue weighted by Gasteiger charge is -2.24. The predicted octanol–water partition coefficient (Wildman–Crippen LogP) is 3.88. The second kappa shape index (κ2) is 11.5. The molecule has 3 aromatic rings. The van der Waals surface area contributed by atoms with Crippen LogP contribution in [0.3, 0.4) is 0 Å². The van der Waals surface area contributed by atoms with Crippen molar-refractivity contribution in [1.29, 1.82) is 0 Å². The first-order valence-corrected chi connectivity index (χ1v) is 13.3. The maximum atomic E-state index is 14.7. The number of carbonyl (C=O) groups is 2. The van der Waals surface area contributed by atoms with Gasteiger partial charge in [0.1, 0.15) is 12.4 Å². The van der Waals surface area contributed by atoms with Crippen molar-refractivity contribution in [1.82, 2.24) is 5.32 Å². The van der Waals surface area contributed by atoms with Crippen LogP contribution in [0.1, 0.15) is 28.8 Å². The molecular formula is C27H28FN3O5S. The van der Waals surface area contributed by atoms with Gasteiger partial charge in [-0.2, -0.15) is 0 Å². The molecule has 0 saturated carbocycles. The molecule has 1 aliphatic rings. The van der Waals surface area contributed by atoms with Crippen LogP contribution in [0.5, 0.6) is 0 Å². The van der Waals surface area contributed by atoms with E-state index in [9.17, 15) is 22.4 Å². The standard InChI is InChI=1S/C27H28FN3O5S/c1-19-12-14-21(15-13-19)37(34,35)31(25-11-5-3-9-23(25)28)18-26(32)30-24-10-4-2-8-22(24)27(33)29-17-20-7-6-16-36-20/h2-5,8-15,20H,6-7,16-18H2,1H3,(H,29,33)(H,30,32)/t20-/m1/s1. The van der Waals surface area contributed by atoms with Crippen LogP contribution in [0.15, 0.2) is 77.7 Å². The van der Waals surface area contributed by atoms with Gasteiger partial charge in [-0.15, -0.1) is 0 Å². The monoisotopic (exact) mass is 525 g/mol. The van der Waals surface area contributed by atoms with Crippen LogP contribution >= 0.6 is 0 Å². The van der Waals surface area contributed by atoms with E-state index >= 15 is 0 Å². The van der Waals surface area contributed by atoms with Gasteiger partial charge in [-0.25, -0.2) is 12.8 Å². The van der Waals surface area contributed by atoms with Gasteiger partial charge < -0.3 is 15.4 Å². The fourth-order valence-corrected chi connectivity index (χ4v) is 5.44. The minimum atomic E-state index is -4.29. The molecule has 1 aliphatic heterocycles. The molecule has 1 saturated heterocycles. The van der Waals surface area contributed by atoms with Gasteiger partial charge in [0, 0.05) is 13.2 Å². The number of amides is 2. The summed E-state index contributed by atoms with van der Waals surface area (Å²) in [5.74, 6) is -1.93. The molecule has 1 fully saturated rings. The van der Waals surface area contributed by atoms with E-state index in [2.05, 4.69) is 10.6 Å². The fourth-order valence-electron chi connectivity index (χ4n) is 4.01. The van der Waals surface area contributed by atoms with E-state index in [1.54, 1.807) is 36.4 Å². The van der Waals surface area contributed by atoms with Crippen molar-refractivity contribution in [2.45, 2.75) is 30.8 Å². The Hall–Kier alpha value is -3.76. The molecule has 0 radical (unpaired) electrons. The Kier molecular flexibility index (Phi) is 8.20. The van der Waals surface area contributed by atoms with Gasteiger partial charge in [0.15, 0.2) is 0 Å². The van der Waals surface area contributed by atoms with E-state index in [1.165, 1.54) is 30.3 Å². The summed E-state index contributed by atoms with van der Waals surface area (Å²) in [7, 11) is -4.29. The Morgan fingerprint density at radius 3 is 2.43 bits per heavy atom. The minimum absolute atomic E-state index is 0.0491. The molecule has 0 bridgehead atoms. The number of sulfonamides is 1. The number of carbonyl (C=O) groups excluding carboxylic acids is 2. The van der Waals surface area contributed by atoms with Crippen molar-refractivity contribution in [3.63, 3.8) is 0 Å². The van der Waals surface area contributed by atoms with Crippen LogP contribution in [-0.4, -0.2) is 46.0 Å². The quantitative estimate of drug-likeness (QED) is 0.441. The molecule has 0 aromatic heterocycles. The smallest absolute Gasteiger partial charge is 0.264 e. The first kappa shape index (κ1) is 26.3. The summed E-state index contributed by atoms with van der Waals surface area (Å²) in [4.78, 5) is 25.8. The van der Waals surface area contributed by atoms with E-state index in [-0.39, 0.29) is 27.9 Å². The maximum Gasteiger partial charge on any atom is 0.264 e. The number of ether oxygens (including phenoxy) is 1. The third-order valence-corrected chi connectivity index (χ3v) is 7.75. The van der Waals surface area contributed by atoms with Gasteiger partial charge in [-0.1, -0.05) is 42.0 Å². The molecule has 8 nitrogen and oxygen atoms in total. The molecule has 1 atom stereocenters. The summed E-state index contributed by atoms with van der Waals surface area (Å²) >= 11 is 0. The maximum absolute atomic E-state index is 14.7. The second-order valence-corrected chi connectivity index (χ2v) is 10.6. The van der Waals surface area contributed by atoms with E-state index in [4.69, 9.17) is 4.74 Å². The Balaban J connectivity index is 1.56. The molecule has 194 valence electrons.